The Kier molecular flexibility index (Phi) is 5.48. The Morgan fingerprint density at radius 2 is 1.90 bits per heavy atom. The fourth-order valence-electron chi connectivity index (χ4n) is 2.55. The molecule has 3 heteroatoms. The summed E-state index contributed by atoms with van der Waals surface area (Å²) in [6.07, 6.45) is 6.72. The Morgan fingerprint density at radius 3 is 2.60 bits per heavy atom. The Hall–Kier alpha value is -1.48. The number of para-hydroxylation sites is 2. The number of nitrogens with zero attached hydrogens (tertiary/aromatic N) is 2. The van der Waals surface area contributed by atoms with Gasteiger partial charge in [0.15, 0.2) is 0 Å². The Morgan fingerprint density at radius 1 is 1.15 bits per heavy atom. The smallest absolute Gasteiger partial charge is 0.0978 e. The van der Waals surface area contributed by atoms with E-state index in [-0.39, 0.29) is 0 Å². The van der Waals surface area contributed by atoms with Gasteiger partial charge in [-0.2, -0.15) is 0 Å². The van der Waals surface area contributed by atoms with Crippen LogP contribution in [0.25, 0.3) is 11.0 Å². The molecule has 0 aliphatic heterocycles. The van der Waals surface area contributed by atoms with Crippen molar-refractivity contribution in [3.05, 3.63) is 36.2 Å². The maximum absolute atomic E-state index is 10.4. The maximum atomic E-state index is 10.4. The first-order chi connectivity index (χ1) is 9.74. The van der Waals surface area contributed by atoms with E-state index in [1.807, 2.05) is 24.3 Å². The summed E-state index contributed by atoms with van der Waals surface area (Å²) in [5, 5.41) is 10.4. The van der Waals surface area contributed by atoms with E-state index >= 15 is 0 Å². The molecular weight excluding hydrogens is 248 g/mol. The van der Waals surface area contributed by atoms with Gasteiger partial charge in [0.2, 0.25) is 0 Å². The third-order valence-electron chi connectivity index (χ3n) is 3.91. The predicted octanol–water partition coefficient (Wildman–Crippen LogP) is 4.27. The Labute approximate surface area is 121 Å². The zero-order chi connectivity index (χ0) is 14.4. The second-order valence-corrected chi connectivity index (χ2v) is 5.45. The highest BCUT2D eigenvalue weighted by molar-refractivity contribution is 5.73. The van der Waals surface area contributed by atoms with E-state index in [4.69, 9.17) is 0 Å². The number of rotatable bonds is 7. The molecule has 2 aromatic rings. The minimum absolute atomic E-state index is 0.506. The molecule has 1 aromatic carbocycles. The summed E-state index contributed by atoms with van der Waals surface area (Å²) < 4.78 is 0. The zero-order valence-corrected chi connectivity index (χ0v) is 12.4. The van der Waals surface area contributed by atoms with Gasteiger partial charge in [-0.05, 0) is 24.5 Å². The van der Waals surface area contributed by atoms with Gasteiger partial charge in [0.1, 0.15) is 0 Å². The maximum Gasteiger partial charge on any atom is 0.0978 e. The number of aliphatic hydroxyl groups excluding tert-OH is 1. The van der Waals surface area contributed by atoms with E-state index in [0.29, 0.717) is 11.6 Å². The molecule has 0 bridgehead atoms. The quantitative estimate of drug-likeness (QED) is 0.818. The van der Waals surface area contributed by atoms with Crippen LogP contribution in [0.15, 0.2) is 30.5 Å². The van der Waals surface area contributed by atoms with Crippen LogP contribution in [0.2, 0.25) is 0 Å². The van der Waals surface area contributed by atoms with Crippen LogP contribution in [0, 0.1) is 5.92 Å². The molecule has 0 aliphatic rings. The lowest BCUT2D eigenvalue weighted by atomic mass is 9.92. The standard InChI is InChI=1S/C17H24N2O/c1-3-5-8-13(4-2)11-17(20)16-12-18-14-9-6-7-10-15(14)19-16/h6-7,9-10,12-13,17,20H,3-5,8,11H2,1-2H3. The lowest BCUT2D eigenvalue weighted by Crippen LogP contribution is -2.09. The summed E-state index contributed by atoms with van der Waals surface area (Å²) in [5.41, 5.74) is 2.42. The monoisotopic (exact) mass is 272 g/mol. The van der Waals surface area contributed by atoms with E-state index in [0.717, 1.165) is 23.9 Å². The minimum atomic E-state index is -0.506. The number of unbranched alkanes of at least 4 members (excludes halogenated alkanes) is 1. The van der Waals surface area contributed by atoms with Gasteiger partial charge >= 0.3 is 0 Å². The number of hydrogen-bond acceptors (Lipinski definition) is 3. The molecule has 1 N–H and O–H groups in total. The summed E-state index contributed by atoms with van der Waals surface area (Å²) >= 11 is 0. The largest absolute Gasteiger partial charge is 0.387 e. The third-order valence-corrected chi connectivity index (χ3v) is 3.91. The Balaban J connectivity index is 2.07. The summed E-state index contributed by atoms with van der Waals surface area (Å²) in [6, 6.07) is 7.77. The highest BCUT2D eigenvalue weighted by atomic mass is 16.3. The van der Waals surface area contributed by atoms with Crippen LogP contribution >= 0.6 is 0 Å². The van der Waals surface area contributed by atoms with Crippen molar-refractivity contribution in [3.63, 3.8) is 0 Å². The van der Waals surface area contributed by atoms with Crippen LogP contribution in [0.1, 0.15) is 57.7 Å². The molecule has 0 saturated heterocycles. The van der Waals surface area contributed by atoms with Crippen LogP contribution in [-0.2, 0) is 0 Å². The van der Waals surface area contributed by atoms with Gasteiger partial charge < -0.3 is 5.11 Å². The first kappa shape index (κ1) is 14.9. The molecular formula is C17H24N2O. The van der Waals surface area contributed by atoms with E-state index in [2.05, 4.69) is 23.8 Å². The molecule has 20 heavy (non-hydrogen) atoms. The van der Waals surface area contributed by atoms with E-state index < -0.39 is 6.10 Å². The van der Waals surface area contributed by atoms with Gasteiger partial charge in [-0.1, -0.05) is 51.7 Å². The van der Waals surface area contributed by atoms with E-state index in [1.54, 1.807) is 6.20 Å². The molecule has 108 valence electrons. The van der Waals surface area contributed by atoms with Gasteiger partial charge in [0.05, 0.1) is 29.0 Å². The van der Waals surface area contributed by atoms with Crippen LogP contribution in [-0.4, -0.2) is 15.1 Å². The molecule has 2 unspecified atom stereocenters. The van der Waals surface area contributed by atoms with E-state index in [1.165, 1.54) is 19.3 Å². The highest BCUT2D eigenvalue weighted by Crippen LogP contribution is 2.26. The molecule has 1 heterocycles. The molecule has 3 nitrogen and oxygen atoms in total. The SMILES string of the molecule is CCCCC(CC)CC(O)c1cnc2ccccc2n1. The number of benzene rings is 1. The molecule has 0 fully saturated rings. The van der Waals surface area contributed by atoms with Crippen LogP contribution in [0.4, 0.5) is 0 Å². The van der Waals surface area contributed by atoms with Crippen LogP contribution in [0.5, 0.6) is 0 Å². The van der Waals surface area contributed by atoms with Crippen molar-refractivity contribution in [2.24, 2.45) is 5.92 Å². The number of hydrogen-bond donors (Lipinski definition) is 1. The summed E-state index contributed by atoms with van der Waals surface area (Å²) in [4.78, 5) is 8.91. The zero-order valence-electron chi connectivity index (χ0n) is 12.4. The average molecular weight is 272 g/mol. The fraction of sp³-hybridized carbons (Fsp3) is 0.529. The number of fused-ring (bicyclic) bond motifs is 1. The average Bonchev–Trinajstić information content (AvgIpc) is 2.50. The molecule has 0 spiro atoms. The van der Waals surface area contributed by atoms with Crippen LogP contribution < -0.4 is 0 Å². The molecule has 0 aliphatic carbocycles. The molecule has 1 aromatic heterocycles. The molecule has 2 rings (SSSR count). The normalized spacial score (nSPS) is 14.3. The van der Waals surface area contributed by atoms with Crippen molar-refractivity contribution < 1.29 is 5.11 Å². The van der Waals surface area contributed by atoms with Crippen LogP contribution in [0.3, 0.4) is 0 Å². The summed E-state index contributed by atoms with van der Waals surface area (Å²) in [5.74, 6) is 0.568. The first-order valence-electron chi connectivity index (χ1n) is 7.64. The lowest BCUT2D eigenvalue weighted by molar-refractivity contribution is 0.135. The van der Waals surface area contributed by atoms with Crippen molar-refractivity contribution in [3.8, 4) is 0 Å². The lowest BCUT2D eigenvalue weighted by Gasteiger charge is -2.18. The number of aliphatic hydroxyl groups is 1. The Bertz CT molecular complexity index is 541. The van der Waals surface area contributed by atoms with Gasteiger partial charge in [0.25, 0.3) is 0 Å². The van der Waals surface area contributed by atoms with Crippen molar-refractivity contribution in [1.82, 2.24) is 9.97 Å². The topological polar surface area (TPSA) is 46.0 Å². The van der Waals surface area contributed by atoms with Crippen molar-refractivity contribution >= 4 is 11.0 Å². The number of aromatic nitrogens is 2. The molecule has 0 amide bonds. The van der Waals surface area contributed by atoms with E-state index in [9.17, 15) is 5.11 Å². The molecule has 0 saturated carbocycles. The summed E-state index contributed by atoms with van der Waals surface area (Å²) in [6.45, 7) is 4.40. The predicted molar refractivity (Wildman–Crippen MR) is 82.4 cm³/mol. The van der Waals surface area contributed by atoms with Crippen molar-refractivity contribution in [2.75, 3.05) is 0 Å². The second-order valence-electron chi connectivity index (χ2n) is 5.45. The fourth-order valence-corrected chi connectivity index (χ4v) is 2.55. The molecule has 0 radical (unpaired) electrons. The molecule has 2 atom stereocenters. The highest BCUT2D eigenvalue weighted by Gasteiger charge is 2.16. The second kappa shape index (κ2) is 7.34. The third kappa shape index (κ3) is 3.76. The van der Waals surface area contributed by atoms with Gasteiger partial charge in [-0.15, -0.1) is 0 Å². The van der Waals surface area contributed by atoms with Gasteiger partial charge in [-0.3, -0.25) is 4.98 Å². The van der Waals surface area contributed by atoms with Gasteiger partial charge in [0, 0.05) is 0 Å². The minimum Gasteiger partial charge on any atom is -0.387 e. The van der Waals surface area contributed by atoms with Gasteiger partial charge in [-0.25, -0.2) is 4.98 Å². The first-order valence-corrected chi connectivity index (χ1v) is 7.64. The summed E-state index contributed by atoms with van der Waals surface area (Å²) in [7, 11) is 0. The van der Waals surface area contributed by atoms with Crippen molar-refractivity contribution in [2.45, 2.75) is 52.1 Å². The van der Waals surface area contributed by atoms with Crippen molar-refractivity contribution in [1.29, 1.82) is 0 Å².